The maximum atomic E-state index is 6.32. The topological polar surface area (TPSA) is 72.8 Å². The molecule has 0 saturated carbocycles. The van der Waals surface area contributed by atoms with Crippen molar-refractivity contribution in [3.8, 4) is 5.75 Å². The fourth-order valence-electron chi connectivity index (χ4n) is 5.88. The molecule has 0 N–H and O–H groups in total. The summed E-state index contributed by atoms with van der Waals surface area (Å²) in [6, 6.07) is 2.00. The first-order valence-electron chi connectivity index (χ1n) is 12.4. The number of ether oxygens (including phenoxy) is 3. The SMILES string of the molecule is C[C@H]1CC2(CCN(c3cnc(Sc4ccnc5c4OCC4(CCOCC4)N5C)cn3)CC2)CO1. The first-order valence-corrected chi connectivity index (χ1v) is 13.2. The molecule has 0 unspecified atom stereocenters. The molecule has 3 fully saturated rings. The molecule has 0 bridgehead atoms. The Balaban J connectivity index is 1.14. The van der Waals surface area contributed by atoms with E-state index in [4.69, 9.17) is 24.2 Å². The Morgan fingerprint density at radius 3 is 2.56 bits per heavy atom. The van der Waals surface area contributed by atoms with Crippen molar-refractivity contribution in [1.29, 1.82) is 0 Å². The molecule has 2 aromatic rings. The smallest absolute Gasteiger partial charge is 0.175 e. The van der Waals surface area contributed by atoms with Crippen molar-refractivity contribution in [2.24, 2.45) is 5.41 Å². The lowest BCUT2D eigenvalue weighted by Crippen LogP contribution is -2.57. The summed E-state index contributed by atoms with van der Waals surface area (Å²) in [7, 11) is 2.13. The molecule has 4 aliphatic rings. The van der Waals surface area contributed by atoms with Crippen molar-refractivity contribution in [2.45, 2.75) is 60.6 Å². The van der Waals surface area contributed by atoms with Gasteiger partial charge in [0, 0.05) is 39.5 Å². The van der Waals surface area contributed by atoms with Gasteiger partial charge in [-0.1, -0.05) is 11.8 Å². The minimum atomic E-state index is -0.0291. The van der Waals surface area contributed by atoms with Gasteiger partial charge >= 0.3 is 0 Å². The lowest BCUT2D eigenvalue weighted by molar-refractivity contribution is 0.0259. The Morgan fingerprint density at radius 1 is 1.03 bits per heavy atom. The fraction of sp³-hybridized carbons (Fsp3) is 0.640. The van der Waals surface area contributed by atoms with Crippen LogP contribution in [0.3, 0.4) is 0 Å². The number of nitrogens with zero attached hydrogens (tertiary/aromatic N) is 5. The summed E-state index contributed by atoms with van der Waals surface area (Å²) in [4.78, 5) is 19.8. The van der Waals surface area contributed by atoms with Crippen molar-refractivity contribution in [3.05, 3.63) is 24.7 Å². The monoisotopic (exact) mass is 483 g/mol. The molecule has 0 amide bonds. The lowest BCUT2D eigenvalue weighted by Gasteiger charge is -2.48. The molecule has 1 atom stereocenters. The summed E-state index contributed by atoms with van der Waals surface area (Å²) < 4.78 is 17.8. The van der Waals surface area contributed by atoms with Crippen LogP contribution in [0.25, 0.3) is 0 Å². The van der Waals surface area contributed by atoms with E-state index in [9.17, 15) is 0 Å². The minimum absolute atomic E-state index is 0.0291. The van der Waals surface area contributed by atoms with Gasteiger partial charge in [-0.15, -0.1) is 0 Å². The quantitative estimate of drug-likeness (QED) is 0.648. The first kappa shape index (κ1) is 22.4. The maximum absolute atomic E-state index is 6.32. The van der Waals surface area contributed by atoms with E-state index in [-0.39, 0.29) is 5.54 Å². The van der Waals surface area contributed by atoms with Crippen LogP contribution in [0.1, 0.15) is 39.0 Å². The highest BCUT2D eigenvalue weighted by atomic mass is 32.2. The summed E-state index contributed by atoms with van der Waals surface area (Å²) in [5.74, 6) is 2.70. The molecule has 3 saturated heterocycles. The Labute approximate surface area is 205 Å². The summed E-state index contributed by atoms with van der Waals surface area (Å²) in [5, 5.41) is 0.862. The van der Waals surface area contributed by atoms with Gasteiger partial charge in [-0.25, -0.2) is 15.0 Å². The van der Waals surface area contributed by atoms with Crippen LogP contribution in [0, 0.1) is 5.41 Å². The molecular formula is C25H33N5O3S. The van der Waals surface area contributed by atoms with Gasteiger partial charge in [-0.3, -0.25) is 0 Å². The number of likely N-dealkylation sites (N-methyl/N-ethyl adjacent to an activating group) is 1. The van der Waals surface area contributed by atoms with E-state index in [1.807, 2.05) is 24.7 Å². The molecule has 34 heavy (non-hydrogen) atoms. The van der Waals surface area contributed by atoms with Crippen LogP contribution >= 0.6 is 11.8 Å². The zero-order chi connectivity index (χ0) is 23.2. The molecule has 9 heteroatoms. The molecule has 4 aliphatic heterocycles. The first-order chi connectivity index (χ1) is 16.6. The average molecular weight is 484 g/mol. The van der Waals surface area contributed by atoms with Crippen molar-refractivity contribution in [1.82, 2.24) is 15.0 Å². The Bertz CT molecular complexity index is 1020. The van der Waals surface area contributed by atoms with Crippen LogP contribution < -0.4 is 14.5 Å². The number of hydrogen-bond donors (Lipinski definition) is 0. The van der Waals surface area contributed by atoms with Gasteiger partial charge in [0.25, 0.3) is 0 Å². The van der Waals surface area contributed by atoms with Crippen molar-refractivity contribution in [2.75, 3.05) is 56.4 Å². The van der Waals surface area contributed by atoms with Gasteiger partial charge in [0.05, 0.1) is 35.5 Å². The normalized spacial score (nSPS) is 25.4. The van der Waals surface area contributed by atoms with Gasteiger partial charge in [-0.2, -0.15) is 0 Å². The highest BCUT2D eigenvalue weighted by Crippen LogP contribution is 2.46. The molecule has 2 aromatic heterocycles. The Kier molecular flexibility index (Phi) is 5.82. The zero-order valence-electron chi connectivity index (χ0n) is 20.0. The summed E-state index contributed by atoms with van der Waals surface area (Å²) in [5.41, 5.74) is 0.342. The number of aromatic nitrogens is 3. The molecular weight excluding hydrogens is 450 g/mol. The molecule has 8 nitrogen and oxygen atoms in total. The van der Waals surface area contributed by atoms with Gasteiger partial charge in [0.2, 0.25) is 0 Å². The molecule has 6 heterocycles. The third-order valence-electron chi connectivity index (χ3n) is 8.16. The Hall–Kier alpha value is -2.10. The van der Waals surface area contributed by atoms with Crippen molar-refractivity contribution in [3.63, 3.8) is 0 Å². The van der Waals surface area contributed by atoms with Crippen LogP contribution in [0.5, 0.6) is 5.75 Å². The molecule has 182 valence electrons. The van der Waals surface area contributed by atoms with E-state index in [0.717, 1.165) is 85.9 Å². The Morgan fingerprint density at radius 2 is 1.85 bits per heavy atom. The van der Waals surface area contributed by atoms with Crippen molar-refractivity contribution < 1.29 is 14.2 Å². The maximum Gasteiger partial charge on any atom is 0.175 e. The second-order valence-electron chi connectivity index (χ2n) is 10.3. The summed E-state index contributed by atoms with van der Waals surface area (Å²) >= 11 is 1.59. The third kappa shape index (κ3) is 4.01. The molecule has 6 rings (SSSR count). The van der Waals surface area contributed by atoms with E-state index in [2.05, 4.69) is 28.8 Å². The molecule has 0 radical (unpaired) electrons. The summed E-state index contributed by atoms with van der Waals surface area (Å²) in [6.45, 7) is 7.32. The molecule has 0 aromatic carbocycles. The van der Waals surface area contributed by atoms with Gasteiger partial charge in [0.1, 0.15) is 17.5 Å². The van der Waals surface area contributed by atoms with Crippen LogP contribution in [-0.4, -0.2) is 73.2 Å². The molecule has 2 spiro atoms. The average Bonchev–Trinajstić information content (AvgIpc) is 3.23. The highest BCUT2D eigenvalue weighted by molar-refractivity contribution is 7.99. The van der Waals surface area contributed by atoms with Crippen LogP contribution in [0.4, 0.5) is 11.6 Å². The highest BCUT2D eigenvalue weighted by Gasteiger charge is 2.43. The number of rotatable bonds is 3. The van der Waals surface area contributed by atoms with Gasteiger partial charge in [-0.05, 0) is 50.5 Å². The van der Waals surface area contributed by atoms with Crippen LogP contribution in [-0.2, 0) is 9.47 Å². The summed E-state index contributed by atoms with van der Waals surface area (Å²) in [6.07, 6.45) is 11.5. The second-order valence-corrected chi connectivity index (χ2v) is 11.3. The predicted molar refractivity (Wildman–Crippen MR) is 131 cm³/mol. The van der Waals surface area contributed by atoms with Crippen LogP contribution in [0.15, 0.2) is 34.6 Å². The molecule has 0 aliphatic carbocycles. The number of pyridine rings is 1. The van der Waals surface area contributed by atoms with E-state index < -0.39 is 0 Å². The zero-order valence-corrected chi connectivity index (χ0v) is 20.9. The number of hydrogen-bond acceptors (Lipinski definition) is 9. The number of anilines is 2. The standard InChI is InChI=1S/C25H33N5O3S/c1-18-13-24(16-32-18)4-9-30(10-5-24)20-14-28-21(15-27-20)34-19-3-8-26-23-22(19)33-17-25(29(23)2)6-11-31-12-7-25/h3,8,14-15,18H,4-7,9-13,16-17H2,1-2H3/t18-/m0/s1. The number of fused-ring (bicyclic) bond motifs is 1. The van der Waals surface area contributed by atoms with E-state index in [1.54, 1.807) is 11.8 Å². The lowest BCUT2D eigenvalue weighted by atomic mass is 9.77. The second kappa shape index (κ2) is 8.84. The fourth-order valence-corrected chi connectivity index (χ4v) is 6.69. The van der Waals surface area contributed by atoms with Gasteiger partial charge in [0.15, 0.2) is 11.6 Å². The van der Waals surface area contributed by atoms with E-state index in [1.165, 1.54) is 6.42 Å². The third-order valence-corrected chi connectivity index (χ3v) is 9.12. The number of piperidine rings is 1. The van der Waals surface area contributed by atoms with Crippen molar-refractivity contribution >= 4 is 23.4 Å². The minimum Gasteiger partial charge on any atom is -0.486 e. The van der Waals surface area contributed by atoms with E-state index >= 15 is 0 Å². The van der Waals surface area contributed by atoms with Gasteiger partial charge < -0.3 is 24.0 Å². The largest absolute Gasteiger partial charge is 0.486 e. The predicted octanol–water partition coefficient (Wildman–Crippen LogP) is 3.80. The van der Waals surface area contributed by atoms with Crippen LogP contribution in [0.2, 0.25) is 0 Å². The van der Waals surface area contributed by atoms with E-state index in [0.29, 0.717) is 18.1 Å².